The Labute approximate surface area is 109 Å². The summed E-state index contributed by atoms with van der Waals surface area (Å²) in [4.78, 5) is 27.5. The number of carbonyl (C=O) groups is 2. The van der Waals surface area contributed by atoms with Gasteiger partial charge in [0.2, 0.25) is 0 Å². The van der Waals surface area contributed by atoms with Crippen molar-refractivity contribution < 1.29 is 19.8 Å². The number of nitrogens with zero attached hydrogens (tertiary/aromatic N) is 2. The minimum absolute atomic E-state index is 0.149. The van der Waals surface area contributed by atoms with Crippen LogP contribution in [0, 0.1) is 0 Å². The normalized spacial score (nSPS) is 16.4. The van der Waals surface area contributed by atoms with Crippen molar-refractivity contribution in [1.29, 1.82) is 0 Å². The van der Waals surface area contributed by atoms with Gasteiger partial charge in [-0.25, -0.2) is 14.6 Å². The van der Waals surface area contributed by atoms with Gasteiger partial charge in [0.1, 0.15) is 0 Å². The maximum absolute atomic E-state index is 11.0. The number of carboxylic acid groups (broad SMARTS) is 2. The predicted molar refractivity (Wildman–Crippen MR) is 67.6 cm³/mol. The molecule has 0 bridgehead atoms. The lowest BCUT2D eigenvalue weighted by Crippen LogP contribution is -2.39. The van der Waals surface area contributed by atoms with Crippen molar-refractivity contribution in [2.24, 2.45) is 5.73 Å². The molecule has 2 heterocycles. The van der Waals surface area contributed by atoms with Crippen LogP contribution in [0.3, 0.4) is 0 Å². The molecule has 0 aliphatic carbocycles. The van der Waals surface area contributed by atoms with Crippen LogP contribution in [-0.4, -0.2) is 46.3 Å². The number of pyridine rings is 1. The van der Waals surface area contributed by atoms with E-state index < -0.39 is 11.9 Å². The second-order valence-corrected chi connectivity index (χ2v) is 4.53. The van der Waals surface area contributed by atoms with Gasteiger partial charge in [-0.05, 0) is 25.0 Å². The van der Waals surface area contributed by atoms with Crippen molar-refractivity contribution in [3.8, 4) is 0 Å². The lowest BCUT2D eigenvalue weighted by atomic mass is 10.1. The zero-order valence-electron chi connectivity index (χ0n) is 10.2. The summed E-state index contributed by atoms with van der Waals surface area (Å²) in [5.74, 6) is -2.48. The third-order valence-electron chi connectivity index (χ3n) is 3.15. The minimum Gasteiger partial charge on any atom is -0.477 e. The highest BCUT2D eigenvalue weighted by Gasteiger charge is 2.20. The first kappa shape index (κ1) is 13.3. The number of rotatable bonds is 3. The summed E-state index contributed by atoms with van der Waals surface area (Å²) in [6.07, 6.45) is 1.60. The van der Waals surface area contributed by atoms with E-state index >= 15 is 0 Å². The molecule has 1 aromatic heterocycles. The van der Waals surface area contributed by atoms with Crippen LogP contribution in [0.1, 0.15) is 33.8 Å². The van der Waals surface area contributed by atoms with Gasteiger partial charge in [-0.1, -0.05) is 0 Å². The summed E-state index contributed by atoms with van der Waals surface area (Å²) >= 11 is 0. The van der Waals surface area contributed by atoms with Crippen molar-refractivity contribution in [2.75, 3.05) is 18.0 Å². The number of hydrogen-bond donors (Lipinski definition) is 3. The Hall–Kier alpha value is -2.15. The molecule has 0 amide bonds. The van der Waals surface area contributed by atoms with Gasteiger partial charge in [0.25, 0.3) is 0 Å². The highest BCUT2D eigenvalue weighted by Crippen LogP contribution is 2.21. The summed E-state index contributed by atoms with van der Waals surface area (Å²) in [5, 5.41) is 17.9. The number of aromatic nitrogens is 1. The molecule has 1 fully saturated rings. The van der Waals surface area contributed by atoms with E-state index in [0.717, 1.165) is 12.8 Å². The molecule has 0 unspecified atom stereocenters. The molecule has 1 aromatic rings. The molecule has 102 valence electrons. The fourth-order valence-electron chi connectivity index (χ4n) is 2.08. The third kappa shape index (κ3) is 3.00. The van der Waals surface area contributed by atoms with E-state index in [2.05, 4.69) is 4.98 Å². The van der Waals surface area contributed by atoms with E-state index in [4.69, 9.17) is 15.9 Å². The SMILES string of the molecule is NC1CCN(c2cc(C(=O)O)nc(C(=O)O)c2)CC1. The van der Waals surface area contributed by atoms with Gasteiger partial charge >= 0.3 is 11.9 Å². The van der Waals surface area contributed by atoms with E-state index in [-0.39, 0.29) is 17.4 Å². The summed E-state index contributed by atoms with van der Waals surface area (Å²) in [5.41, 5.74) is 5.85. The molecule has 0 spiro atoms. The lowest BCUT2D eigenvalue weighted by molar-refractivity contribution is 0.0685. The maximum atomic E-state index is 11.0. The van der Waals surface area contributed by atoms with E-state index in [9.17, 15) is 9.59 Å². The van der Waals surface area contributed by atoms with Crippen LogP contribution in [0.25, 0.3) is 0 Å². The van der Waals surface area contributed by atoms with Crippen molar-refractivity contribution in [3.63, 3.8) is 0 Å². The van der Waals surface area contributed by atoms with Crippen LogP contribution in [0.5, 0.6) is 0 Å². The number of hydrogen-bond acceptors (Lipinski definition) is 5. The lowest BCUT2D eigenvalue weighted by Gasteiger charge is -2.32. The van der Waals surface area contributed by atoms with Gasteiger partial charge in [-0.15, -0.1) is 0 Å². The average molecular weight is 265 g/mol. The van der Waals surface area contributed by atoms with Crippen LogP contribution in [0.15, 0.2) is 12.1 Å². The highest BCUT2D eigenvalue weighted by atomic mass is 16.4. The van der Waals surface area contributed by atoms with Crippen molar-refractivity contribution in [2.45, 2.75) is 18.9 Å². The number of nitrogens with two attached hydrogens (primary N) is 1. The molecule has 7 heteroatoms. The summed E-state index contributed by atoms with van der Waals surface area (Å²) in [6.45, 7) is 1.37. The molecular formula is C12H15N3O4. The Morgan fingerprint density at radius 3 is 2.05 bits per heavy atom. The van der Waals surface area contributed by atoms with Gasteiger partial charge in [-0.2, -0.15) is 0 Å². The number of anilines is 1. The van der Waals surface area contributed by atoms with Gasteiger partial charge in [0, 0.05) is 24.8 Å². The minimum atomic E-state index is -1.24. The molecule has 0 atom stereocenters. The molecule has 0 aromatic carbocycles. The smallest absolute Gasteiger partial charge is 0.354 e. The van der Waals surface area contributed by atoms with E-state index in [1.807, 2.05) is 4.90 Å². The third-order valence-corrected chi connectivity index (χ3v) is 3.15. The summed E-state index contributed by atoms with van der Waals surface area (Å²) in [7, 11) is 0. The van der Waals surface area contributed by atoms with Crippen LogP contribution < -0.4 is 10.6 Å². The van der Waals surface area contributed by atoms with Gasteiger partial charge in [0.15, 0.2) is 11.4 Å². The number of carboxylic acids is 2. The van der Waals surface area contributed by atoms with Crippen LogP contribution >= 0.6 is 0 Å². The first-order valence-electron chi connectivity index (χ1n) is 5.96. The summed E-state index contributed by atoms with van der Waals surface area (Å²) in [6, 6.07) is 2.94. The Balaban J connectivity index is 2.33. The fourth-order valence-corrected chi connectivity index (χ4v) is 2.08. The molecule has 4 N–H and O–H groups in total. The predicted octanol–water partition coefficient (Wildman–Crippen LogP) is 0.405. The van der Waals surface area contributed by atoms with Crippen LogP contribution in [-0.2, 0) is 0 Å². The van der Waals surface area contributed by atoms with Gasteiger partial charge < -0.3 is 20.8 Å². The van der Waals surface area contributed by atoms with Crippen molar-refractivity contribution >= 4 is 17.6 Å². The summed E-state index contributed by atoms with van der Waals surface area (Å²) < 4.78 is 0. The monoisotopic (exact) mass is 265 g/mol. The topological polar surface area (TPSA) is 117 Å². The van der Waals surface area contributed by atoms with E-state index in [0.29, 0.717) is 18.8 Å². The molecule has 1 saturated heterocycles. The molecule has 2 rings (SSSR count). The molecule has 1 aliphatic rings. The largest absolute Gasteiger partial charge is 0.477 e. The van der Waals surface area contributed by atoms with Crippen LogP contribution in [0.2, 0.25) is 0 Å². The zero-order chi connectivity index (χ0) is 14.0. The zero-order valence-corrected chi connectivity index (χ0v) is 10.2. The average Bonchev–Trinajstić information content (AvgIpc) is 2.39. The number of aromatic carboxylic acids is 2. The molecular weight excluding hydrogens is 250 g/mol. The Bertz CT molecular complexity index is 477. The molecule has 0 saturated carbocycles. The fraction of sp³-hybridized carbons (Fsp3) is 0.417. The first-order chi connectivity index (χ1) is 8.97. The van der Waals surface area contributed by atoms with Crippen molar-refractivity contribution in [3.05, 3.63) is 23.5 Å². The molecule has 7 nitrogen and oxygen atoms in total. The standard InChI is InChI=1S/C12H15N3O4/c13-7-1-3-15(4-2-7)8-5-9(11(16)17)14-10(6-8)12(18)19/h5-7H,1-4,13H2,(H,16,17)(H,18,19). The Morgan fingerprint density at radius 2 is 1.63 bits per heavy atom. The van der Waals surface area contributed by atoms with E-state index in [1.165, 1.54) is 12.1 Å². The Kier molecular flexibility index (Phi) is 3.66. The maximum Gasteiger partial charge on any atom is 0.354 e. The molecule has 0 radical (unpaired) electrons. The first-order valence-corrected chi connectivity index (χ1v) is 5.96. The van der Waals surface area contributed by atoms with Crippen molar-refractivity contribution in [1.82, 2.24) is 4.98 Å². The highest BCUT2D eigenvalue weighted by molar-refractivity contribution is 5.91. The second-order valence-electron chi connectivity index (χ2n) is 4.53. The molecule has 19 heavy (non-hydrogen) atoms. The Morgan fingerprint density at radius 1 is 1.16 bits per heavy atom. The second kappa shape index (κ2) is 5.23. The van der Waals surface area contributed by atoms with Crippen LogP contribution in [0.4, 0.5) is 5.69 Å². The number of piperidine rings is 1. The van der Waals surface area contributed by atoms with E-state index in [1.54, 1.807) is 0 Å². The van der Waals surface area contributed by atoms with Gasteiger partial charge in [-0.3, -0.25) is 0 Å². The quantitative estimate of drug-likeness (QED) is 0.724. The van der Waals surface area contributed by atoms with Gasteiger partial charge in [0.05, 0.1) is 0 Å². The molecule has 1 aliphatic heterocycles.